The summed E-state index contributed by atoms with van der Waals surface area (Å²) in [6, 6.07) is 9.12. The van der Waals surface area contributed by atoms with Gasteiger partial charge in [0.1, 0.15) is 0 Å². The number of thioether (sulfide) groups is 2. The second-order valence-corrected chi connectivity index (χ2v) is 8.16. The van der Waals surface area contributed by atoms with Crippen molar-refractivity contribution in [3.8, 4) is 0 Å². The second kappa shape index (κ2) is 7.03. The molecule has 0 aliphatic carbocycles. The topological polar surface area (TPSA) is 24.9 Å². The molecule has 4 heteroatoms. The predicted octanol–water partition coefficient (Wildman–Crippen LogP) is 4.12. The van der Waals surface area contributed by atoms with Gasteiger partial charge >= 0.3 is 0 Å². The largest absolute Gasteiger partial charge is 0.309 e. The van der Waals surface area contributed by atoms with Crippen LogP contribution in [0.25, 0.3) is 10.8 Å². The highest BCUT2D eigenvalue weighted by molar-refractivity contribution is 8.07. The summed E-state index contributed by atoms with van der Waals surface area (Å²) in [5.74, 6) is 2.53. The van der Waals surface area contributed by atoms with Crippen LogP contribution in [0, 0.1) is 0 Å². The Morgan fingerprint density at radius 3 is 2.95 bits per heavy atom. The first kappa shape index (κ1) is 15.2. The van der Waals surface area contributed by atoms with Gasteiger partial charge in [-0.05, 0) is 23.6 Å². The minimum absolute atomic E-state index is 0.399. The van der Waals surface area contributed by atoms with Crippen LogP contribution in [-0.4, -0.2) is 33.5 Å². The first-order chi connectivity index (χ1) is 10.3. The van der Waals surface area contributed by atoms with Gasteiger partial charge in [0, 0.05) is 45.8 Å². The number of fused-ring (bicyclic) bond motifs is 1. The monoisotopic (exact) mass is 318 g/mol. The molecule has 3 rings (SSSR count). The summed E-state index contributed by atoms with van der Waals surface area (Å²) in [6.45, 7) is 5.56. The highest BCUT2D eigenvalue weighted by Crippen LogP contribution is 2.40. The summed E-state index contributed by atoms with van der Waals surface area (Å²) in [5, 5.41) is 7.60. The Kier molecular flexibility index (Phi) is 5.09. The molecule has 3 atom stereocenters. The Labute approximate surface area is 135 Å². The van der Waals surface area contributed by atoms with Gasteiger partial charge in [0.05, 0.1) is 0 Å². The maximum Gasteiger partial charge on any atom is 0.0457 e. The Morgan fingerprint density at radius 1 is 1.29 bits per heavy atom. The zero-order valence-corrected chi connectivity index (χ0v) is 14.2. The third-order valence-corrected chi connectivity index (χ3v) is 7.24. The van der Waals surface area contributed by atoms with Crippen molar-refractivity contribution in [2.75, 3.05) is 18.1 Å². The highest BCUT2D eigenvalue weighted by Gasteiger charge is 2.31. The molecule has 1 aromatic heterocycles. The number of hydrogen-bond acceptors (Lipinski definition) is 4. The van der Waals surface area contributed by atoms with Crippen molar-refractivity contribution in [1.82, 2.24) is 10.3 Å². The first-order valence-electron chi connectivity index (χ1n) is 7.60. The van der Waals surface area contributed by atoms with Crippen molar-refractivity contribution in [3.05, 3.63) is 42.2 Å². The zero-order chi connectivity index (χ0) is 14.7. The van der Waals surface area contributed by atoms with Crippen molar-refractivity contribution in [2.24, 2.45) is 0 Å². The molecule has 0 spiro atoms. The van der Waals surface area contributed by atoms with Crippen LogP contribution in [0.2, 0.25) is 0 Å². The summed E-state index contributed by atoms with van der Waals surface area (Å²) >= 11 is 4.22. The van der Waals surface area contributed by atoms with Gasteiger partial charge in [-0.15, -0.1) is 0 Å². The Balaban J connectivity index is 2.02. The van der Waals surface area contributed by atoms with E-state index in [0.29, 0.717) is 16.5 Å². The standard InChI is InChI=1S/C17H22N2S2/c1-3-19-16(17-12(2)20-9-10-21-17)14-6-4-5-13-7-8-18-11-15(13)14/h4-8,11-12,16-17,19H,3,9-10H2,1-2H3. The van der Waals surface area contributed by atoms with E-state index in [0.717, 1.165) is 6.54 Å². The molecule has 2 nitrogen and oxygen atoms in total. The van der Waals surface area contributed by atoms with E-state index in [1.165, 1.54) is 27.8 Å². The van der Waals surface area contributed by atoms with Crippen LogP contribution >= 0.6 is 23.5 Å². The second-order valence-electron chi connectivity index (χ2n) is 5.39. The Morgan fingerprint density at radius 2 is 2.14 bits per heavy atom. The molecular weight excluding hydrogens is 296 g/mol. The normalized spacial score (nSPS) is 24.1. The van der Waals surface area contributed by atoms with E-state index < -0.39 is 0 Å². The number of benzene rings is 1. The van der Waals surface area contributed by atoms with Gasteiger partial charge in [0.25, 0.3) is 0 Å². The SMILES string of the molecule is CCNC(c1cccc2ccncc12)C1SCCSC1C. The van der Waals surface area contributed by atoms with E-state index in [-0.39, 0.29) is 0 Å². The lowest BCUT2D eigenvalue weighted by atomic mass is 9.96. The van der Waals surface area contributed by atoms with Gasteiger partial charge in [-0.25, -0.2) is 0 Å². The highest BCUT2D eigenvalue weighted by atomic mass is 32.2. The summed E-state index contributed by atoms with van der Waals surface area (Å²) in [7, 11) is 0. The Bertz CT molecular complexity index is 597. The molecule has 112 valence electrons. The number of nitrogens with one attached hydrogen (secondary N) is 1. The maximum atomic E-state index is 4.34. The third kappa shape index (κ3) is 3.22. The average Bonchev–Trinajstić information content (AvgIpc) is 2.53. The predicted molar refractivity (Wildman–Crippen MR) is 96.3 cm³/mol. The number of pyridine rings is 1. The number of rotatable bonds is 4. The molecule has 1 aliphatic heterocycles. The van der Waals surface area contributed by atoms with Gasteiger partial charge < -0.3 is 5.32 Å². The zero-order valence-electron chi connectivity index (χ0n) is 12.6. The van der Waals surface area contributed by atoms with Crippen LogP contribution < -0.4 is 5.32 Å². The number of hydrogen-bond donors (Lipinski definition) is 1. The van der Waals surface area contributed by atoms with Crippen molar-refractivity contribution in [2.45, 2.75) is 30.4 Å². The minimum atomic E-state index is 0.399. The lowest BCUT2D eigenvalue weighted by Crippen LogP contribution is -2.37. The molecule has 0 saturated carbocycles. The van der Waals surface area contributed by atoms with Crippen LogP contribution in [0.15, 0.2) is 36.7 Å². The van der Waals surface area contributed by atoms with Gasteiger partial charge in [-0.3, -0.25) is 4.98 Å². The van der Waals surface area contributed by atoms with Crippen LogP contribution in [0.3, 0.4) is 0 Å². The minimum Gasteiger partial charge on any atom is -0.309 e. The van der Waals surface area contributed by atoms with Crippen LogP contribution in [-0.2, 0) is 0 Å². The van der Waals surface area contributed by atoms with Crippen LogP contribution in [0.4, 0.5) is 0 Å². The smallest absolute Gasteiger partial charge is 0.0457 e. The van der Waals surface area contributed by atoms with Crippen LogP contribution in [0.5, 0.6) is 0 Å². The maximum absolute atomic E-state index is 4.34. The summed E-state index contributed by atoms with van der Waals surface area (Å²) < 4.78 is 0. The van der Waals surface area contributed by atoms with E-state index in [1.54, 1.807) is 0 Å². The van der Waals surface area contributed by atoms with E-state index >= 15 is 0 Å². The molecule has 0 amide bonds. The van der Waals surface area contributed by atoms with Gasteiger partial charge in [0.2, 0.25) is 0 Å². The Hall–Kier alpha value is -0.710. The molecule has 1 aromatic carbocycles. The van der Waals surface area contributed by atoms with Crippen molar-refractivity contribution in [1.29, 1.82) is 0 Å². The molecule has 2 heterocycles. The molecule has 1 aliphatic rings. The molecular formula is C17H22N2S2. The molecule has 1 N–H and O–H groups in total. The molecule has 3 unspecified atom stereocenters. The lowest BCUT2D eigenvalue weighted by Gasteiger charge is -2.35. The van der Waals surface area contributed by atoms with Crippen molar-refractivity contribution >= 4 is 34.3 Å². The fourth-order valence-electron chi connectivity index (χ4n) is 3.05. The molecule has 0 bridgehead atoms. The first-order valence-corrected chi connectivity index (χ1v) is 9.70. The van der Waals surface area contributed by atoms with E-state index in [2.05, 4.69) is 71.9 Å². The average molecular weight is 319 g/mol. The lowest BCUT2D eigenvalue weighted by molar-refractivity contribution is 0.529. The van der Waals surface area contributed by atoms with Gasteiger partial charge in [0.15, 0.2) is 0 Å². The van der Waals surface area contributed by atoms with E-state index in [1.807, 2.05) is 12.4 Å². The van der Waals surface area contributed by atoms with Crippen molar-refractivity contribution < 1.29 is 0 Å². The summed E-state index contributed by atoms with van der Waals surface area (Å²) in [5.41, 5.74) is 1.40. The van der Waals surface area contributed by atoms with Gasteiger partial charge in [-0.2, -0.15) is 23.5 Å². The van der Waals surface area contributed by atoms with E-state index in [4.69, 9.17) is 0 Å². The number of nitrogens with zero attached hydrogens (tertiary/aromatic N) is 1. The third-order valence-electron chi connectivity index (χ3n) is 4.04. The molecule has 21 heavy (non-hydrogen) atoms. The summed E-state index contributed by atoms with van der Waals surface area (Å²) in [4.78, 5) is 4.34. The van der Waals surface area contributed by atoms with Crippen LogP contribution in [0.1, 0.15) is 25.5 Å². The molecule has 1 fully saturated rings. The molecule has 1 saturated heterocycles. The van der Waals surface area contributed by atoms with E-state index in [9.17, 15) is 0 Å². The summed E-state index contributed by atoms with van der Waals surface area (Å²) in [6.07, 6.45) is 3.89. The number of aromatic nitrogens is 1. The quantitative estimate of drug-likeness (QED) is 0.916. The van der Waals surface area contributed by atoms with Gasteiger partial charge in [-0.1, -0.05) is 32.0 Å². The fourth-order valence-corrected chi connectivity index (χ4v) is 5.99. The molecule has 2 aromatic rings. The molecule has 0 radical (unpaired) electrons. The fraction of sp³-hybridized carbons (Fsp3) is 0.471. The van der Waals surface area contributed by atoms with Crippen molar-refractivity contribution in [3.63, 3.8) is 0 Å².